The van der Waals surface area contributed by atoms with Gasteiger partial charge in [0, 0.05) is 6.26 Å². The maximum Gasteiger partial charge on any atom is 0.340 e. The maximum absolute atomic E-state index is 12.4. The monoisotopic (exact) mass is 412 g/mol. The number of hydrogen-bond donors (Lipinski definition) is 0. The van der Waals surface area contributed by atoms with Crippen LogP contribution in [0.25, 0.3) is 10.8 Å². The van der Waals surface area contributed by atoms with Gasteiger partial charge in [0.15, 0.2) is 15.9 Å². The summed E-state index contributed by atoms with van der Waals surface area (Å²) in [6, 6.07) is 7.51. The average Bonchev–Trinajstić information content (AvgIpc) is 3.25. The number of benzene rings is 1. The molecule has 0 aliphatic carbocycles. The van der Waals surface area contributed by atoms with Crippen LogP contribution in [0.3, 0.4) is 0 Å². The van der Waals surface area contributed by atoms with Gasteiger partial charge >= 0.3 is 5.97 Å². The van der Waals surface area contributed by atoms with Crippen LogP contribution in [0, 0.1) is 0 Å². The number of carbonyl (C=O) groups excluding carboxylic acids is 1. The Morgan fingerprint density at radius 3 is 2.73 bits per heavy atom. The van der Waals surface area contributed by atoms with Crippen molar-refractivity contribution in [2.45, 2.75) is 17.9 Å². The summed E-state index contributed by atoms with van der Waals surface area (Å²) in [5, 5.41) is 9.76. The van der Waals surface area contributed by atoms with Crippen molar-refractivity contribution < 1.29 is 22.4 Å². The summed E-state index contributed by atoms with van der Waals surface area (Å²) in [5.41, 5.74) is -0.0561. The third-order valence-electron chi connectivity index (χ3n) is 3.39. The molecule has 136 valence electrons. The molecular formula is C16H13ClN2O5S2. The molecule has 0 aliphatic heterocycles. The molecular weight excluding hydrogens is 400 g/mol. The Morgan fingerprint density at radius 1 is 1.31 bits per heavy atom. The lowest BCUT2D eigenvalue weighted by molar-refractivity contribution is 0.0280. The summed E-state index contributed by atoms with van der Waals surface area (Å²) in [4.78, 5) is 13.1. The van der Waals surface area contributed by atoms with Crippen LogP contribution < -0.4 is 0 Å². The maximum atomic E-state index is 12.4. The zero-order chi connectivity index (χ0) is 18.9. The molecule has 0 unspecified atom stereocenters. The van der Waals surface area contributed by atoms with E-state index in [-0.39, 0.29) is 21.4 Å². The molecule has 26 heavy (non-hydrogen) atoms. The van der Waals surface area contributed by atoms with Crippen LogP contribution in [0.4, 0.5) is 0 Å². The van der Waals surface area contributed by atoms with E-state index in [0.29, 0.717) is 5.89 Å². The van der Waals surface area contributed by atoms with Crippen LogP contribution in [-0.4, -0.2) is 30.8 Å². The Hall–Kier alpha value is -2.23. The highest BCUT2D eigenvalue weighted by atomic mass is 35.5. The SMILES string of the molecule is C[C@@H](OC(=O)c1cc(S(C)(=O)=O)ccc1Cl)c1nnc(-c2cccs2)o1. The molecule has 2 heterocycles. The second-order valence-electron chi connectivity index (χ2n) is 5.38. The van der Waals surface area contributed by atoms with E-state index in [1.807, 2.05) is 17.5 Å². The first-order valence-corrected chi connectivity index (χ1v) is 10.5. The lowest BCUT2D eigenvalue weighted by Gasteiger charge is -2.11. The third-order valence-corrected chi connectivity index (χ3v) is 5.69. The zero-order valence-corrected chi connectivity index (χ0v) is 16.1. The summed E-state index contributed by atoms with van der Waals surface area (Å²) >= 11 is 7.44. The molecule has 0 aliphatic rings. The van der Waals surface area contributed by atoms with E-state index in [1.54, 1.807) is 6.92 Å². The Labute approximate surface area is 158 Å². The highest BCUT2D eigenvalue weighted by Crippen LogP contribution is 2.27. The van der Waals surface area contributed by atoms with Crippen LogP contribution >= 0.6 is 22.9 Å². The fourth-order valence-corrected chi connectivity index (χ4v) is 3.55. The van der Waals surface area contributed by atoms with Crippen molar-refractivity contribution in [1.29, 1.82) is 0 Å². The molecule has 2 aromatic heterocycles. The molecule has 3 rings (SSSR count). The summed E-state index contributed by atoms with van der Waals surface area (Å²) < 4.78 is 34.1. The molecule has 7 nitrogen and oxygen atoms in total. The van der Waals surface area contributed by atoms with Gasteiger partial charge in [-0.15, -0.1) is 21.5 Å². The Bertz CT molecular complexity index is 1040. The lowest BCUT2D eigenvalue weighted by Crippen LogP contribution is -2.11. The fraction of sp³-hybridized carbons (Fsp3) is 0.188. The van der Waals surface area contributed by atoms with Gasteiger partial charge in [-0.05, 0) is 36.6 Å². The van der Waals surface area contributed by atoms with Crippen molar-refractivity contribution >= 4 is 38.7 Å². The molecule has 1 atom stereocenters. The standard InChI is InChI=1S/C16H13ClN2O5S2/c1-9(14-18-19-15(24-14)13-4-3-7-25-13)23-16(20)11-8-10(26(2,21)22)5-6-12(11)17/h3-9H,1-2H3/t9-/m1/s1. The third kappa shape index (κ3) is 3.95. The minimum absolute atomic E-state index is 0.0284. The summed E-state index contributed by atoms with van der Waals surface area (Å²) in [5.74, 6) is -0.337. The highest BCUT2D eigenvalue weighted by Gasteiger charge is 2.23. The summed E-state index contributed by atoms with van der Waals surface area (Å²) in [7, 11) is -3.48. The lowest BCUT2D eigenvalue weighted by atomic mass is 10.2. The van der Waals surface area contributed by atoms with E-state index in [2.05, 4.69) is 10.2 Å². The second kappa shape index (κ2) is 7.18. The van der Waals surface area contributed by atoms with E-state index < -0.39 is 21.9 Å². The van der Waals surface area contributed by atoms with Crippen LogP contribution in [0.2, 0.25) is 5.02 Å². The number of halogens is 1. The van der Waals surface area contributed by atoms with E-state index in [0.717, 1.165) is 11.1 Å². The zero-order valence-electron chi connectivity index (χ0n) is 13.7. The molecule has 3 aromatic rings. The van der Waals surface area contributed by atoms with E-state index >= 15 is 0 Å². The van der Waals surface area contributed by atoms with Gasteiger partial charge in [0.05, 0.1) is 20.4 Å². The summed E-state index contributed by atoms with van der Waals surface area (Å²) in [6.45, 7) is 1.57. The van der Waals surface area contributed by atoms with Crippen molar-refractivity contribution in [1.82, 2.24) is 10.2 Å². The Balaban J connectivity index is 1.80. The molecule has 10 heteroatoms. The number of carbonyl (C=O) groups is 1. The molecule has 1 aromatic carbocycles. The first kappa shape index (κ1) is 18.6. The topological polar surface area (TPSA) is 99.4 Å². The number of esters is 1. The van der Waals surface area contributed by atoms with Gasteiger partial charge in [-0.3, -0.25) is 0 Å². The normalized spacial score (nSPS) is 12.7. The molecule has 0 spiro atoms. The van der Waals surface area contributed by atoms with Crippen molar-refractivity contribution in [3.05, 3.63) is 52.2 Å². The molecule has 0 saturated carbocycles. The molecule has 0 radical (unpaired) electrons. The van der Waals surface area contributed by atoms with Gasteiger partial charge in [0.1, 0.15) is 0 Å². The number of rotatable bonds is 5. The average molecular weight is 413 g/mol. The Kier molecular flexibility index (Phi) is 5.12. The minimum Gasteiger partial charge on any atom is -0.449 e. The van der Waals surface area contributed by atoms with Gasteiger partial charge in [-0.25, -0.2) is 13.2 Å². The number of nitrogens with zero attached hydrogens (tertiary/aromatic N) is 2. The van der Waals surface area contributed by atoms with E-state index in [4.69, 9.17) is 20.8 Å². The quantitative estimate of drug-likeness (QED) is 0.588. The molecule has 0 saturated heterocycles. The van der Waals surface area contributed by atoms with Gasteiger partial charge < -0.3 is 9.15 Å². The van der Waals surface area contributed by atoms with Crippen LogP contribution in [0.1, 0.15) is 29.3 Å². The number of thiophene rings is 1. The van der Waals surface area contributed by atoms with Crippen molar-refractivity contribution in [2.24, 2.45) is 0 Å². The first-order valence-electron chi connectivity index (χ1n) is 7.33. The highest BCUT2D eigenvalue weighted by molar-refractivity contribution is 7.90. The first-order chi connectivity index (χ1) is 12.3. The Morgan fingerprint density at radius 2 is 2.08 bits per heavy atom. The van der Waals surface area contributed by atoms with Gasteiger partial charge in [0.2, 0.25) is 0 Å². The van der Waals surface area contributed by atoms with E-state index in [9.17, 15) is 13.2 Å². The van der Waals surface area contributed by atoms with E-state index in [1.165, 1.54) is 29.5 Å². The fourth-order valence-electron chi connectivity index (χ4n) is 2.06. The van der Waals surface area contributed by atoms with Gasteiger partial charge in [0.25, 0.3) is 11.8 Å². The van der Waals surface area contributed by atoms with Crippen LogP contribution in [-0.2, 0) is 14.6 Å². The molecule has 0 fully saturated rings. The molecule has 0 bridgehead atoms. The van der Waals surface area contributed by atoms with Gasteiger partial charge in [-0.1, -0.05) is 17.7 Å². The minimum atomic E-state index is -3.48. The smallest absolute Gasteiger partial charge is 0.340 e. The van der Waals surface area contributed by atoms with Crippen LogP contribution in [0.15, 0.2) is 45.0 Å². The van der Waals surface area contributed by atoms with Crippen LogP contribution in [0.5, 0.6) is 0 Å². The summed E-state index contributed by atoms with van der Waals surface area (Å²) in [6.07, 6.45) is 0.208. The second-order valence-corrected chi connectivity index (χ2v) is 8.75. The van der Waals surface area contributed by atoms with Crippen molar-refractivity contribution in [3.63, 3.8) is 0 Å². The van der Waals surface area contributed by atoms with Crippen molar-refractivity contribution in [3.8, 4) is 10.8 Å². The predicted octanol–water partition coefficient (Wildman–Crippen LogP) is 3.77. The van der Waals surface area contributed by atoms with Gasteiger partial charge in [-0.2, -0.15) is 0 Å². The molecule has 0 amide bonds. The predicted molar refractivity (Wildman–Crippen MR) is 96.0 cm³/mol. The number of ether oxygens (including phenoxy) is 1. The number of hydrogen-bond acceptors (Lipinski definition) is 8. The number of sulfone groups is 1. The molecule has 0 N–H and O–H groups in total. The van der Waals surface area contributed by atoms with Crippen molar-refractivity contribution in [2.75, 3.05) is 6.26 Å². The largest absolute Gasteiger partial charge is 0.449 e. The number of aromatic nitrogens is 2.